The van der Waals surface area contributed by atoms with Gasteiger partial charge in [0.05, 0.1) is 18.8 Å². The van der Waals surface area contributed by atoms with Crippen LogP contribution in [0.2, 0.25) is 0 Å². The Morgan fingerprint density at radius 2 is 1.83 bits per heavy atom. The highest BCUT2D eigenvalue weighted by Gasteiger charge is 2.38. The van der Waals surface area contributed by atoms with E-state index in [4.69, 9.17) is 9.47 Å². The molecule has 2 aromatic rings. The Bertz CT molecular complexity index is 1140. The highest BCUT2D eigenvalue weighted by Crippen LogP contribution is 2.39. The predicted octanol–water partition coefficient (Wildman–Crippen LogP) is 3.59. The summed E-state index contributed by atoms with van der Waals surface area (Å²) in [7, 11) is 1.47. The molecule has 5 rings (SSSR count). The summed E-state index contributed by atoms with van der Waals surface area (Å²) < 4.78 is 12.3. The van der Waals surface area contributed by atoms with Gasteiger partial charge in [-0.15, -0.1) is 0 Å². The maximum Gasteiger partial charge on any atom is 0.258 e. The molecule has 0 aromatic heterocycles. The second kappa shape index (κ2) is 11.3. The minimum Gasteiger partial charge on any atom is -0.624 e. The third-order valence-corrected chi connectivity index (χ3v) is 7.33. The van der Waals surface area contributed by atoms with Gasteiger partial charge in [-0.3, -0.25) is 9.69 Å². The van der Waals surface area contributed by atoms with Gasteiger partial charge in [0.15, 0.2) is 0 Å². The van der Waals surface area contributed by atoms with Crippen LogP contribution < -0.4 is 10.1 Å². The number of carbonyl (C=O) groups excluding carboxylic acids is 1. The minimum atomic E-state index is -0.176. The van der Waals surface area contributed by atoms with Crippen LogP contribution in [-0.4, -0.2) is 73.8 Å². The van der Waals surface area contributed by atoms with Crippen molar-refractivity contribution in [1.29, 1.82) is 0 Å². The zero-order chi connectivity index (χ0) is 24.9. The van der Waals surface area contributed by atoms with Crippen molar-refractivity contribution in [3.05, 3.63) is 76.0 Å². The number of benzene rings is 2. The van der Waals surface area contributed by atoms with E-state index in [0.29, 0.717) is 23.6 Å². The zero-order valence-corrected chi connectivity index (χ0v) is 21.0. The molecule has 7 heteroatoms. The number of carbonyl (C=O) groups is 1. The molecule has 2 fully saturated rings. The molecule has 0 radical (unpaired) electrons. The Hall–Kier alpha value is -3.16. The first-order valence-electron chi connectivity index (χ1n) is 13.1. The van der Waals surface area contributed by atoms with E-state index in [1.54, 1.807) is 0 Å². The summed E-state index contributed by atoms with van der Waals surface area (Å²) in [6, 6.07) is 15.8. The van der Waals surface area contributed by atoms with Crippen molar-refractivity contribution in [2.75, 3.05) is 46.5 Å². The third-order valence-electron chi connectivity index (χ3n) is 7.33. The lowest BCUT2D eigenvalue weighted by atomic mass is 9.94. The van der Waals surface area contributed by atoms with E-state index in [2.05, 4.69) is 10.2 Å². The van der Waals surface area contributed by atoms with E-state index in [-0.39, 0.29) is 11.9 Å². The molecule has 7 nitrogen and oxygen atoms in total. The van der Waals surface area contributed by atoms with Crippen LogP contribution in [0.5, 0.6) is 5.75 Å². The van der Waals surface area contributed by atoms with Gasteiger partial charge >= 0.3 is 0 Å². The lowest BCUT2D eigenvalue weighted by Crippen LogP contribution is -2.39. The van der Waals surface area contributed by atoms with Crippen LogP contribution >= 0.6 is 0 Å². The second-order valence-electron chi connectivity index (χ2n) is 9.78. The maximum atomic E-state index is 13.7. The molecule has 3 aliphatic rings. The van der Waals surface area contributed by atoms with Gasteiger partial charge in [-0.05, 0) is 42.2 Å². The molecule has 0 unspecified atom stereocenters. The van der Waals surface area contributed by atoms with Crippen LogP contribution in [0.15, 0.2) is 54.1 Å². The molecular weight excluding hydrogens is 454 g/mol. The number of nitrogens with one attached hydrogen (secondary N) is 1. The monoisotopic (exact) mass is 489 g/mol. The van der Waals surface area contributed by atoms with Gasteiger partial charge in [-0.1, -0.05) is 49.6 Å². The van der Waals surface area contributed by atoms with Crippen LogP contribution in [0.25, 0.3) is 5.57 Å². The Kier molecular flexibility index (Phi) is 7.68. The largest absolute Gasteiger partial charge is 0.624 e. The first-order chi connectivity index (χ1) is 17.6. The van der Waals surface area contributed by atoms with Crippen molar-refractivity contribution in [2.24, 2.45) is 0 Å². The number of fused-ring (bicyclic) bond motifs is 1. The highest BCUT2D eigenvalue weighted by molar-refractivity contribution is 6.36. The van der Waals surface area contributed by atoms with E-state index < -0.39 is 0 Å². The second-order valence-corrected chi connectivity index (χ2v) is 9.78. The molecule has 1 heterocycles. The van der Waals surface area contributed by atoms with Crippen LogP contribution in [0.4, 0.5) is 0 Å². The molecule has 190 valence electrons. The van der Waals surface area contributed by atoms with Crippen molar-refractivity contribution >= 4 is 17.2 Å². The molecule has 1 aliphatic heterocycles. The van der Waals surface area contributed by atoms with Crippen LogP contribution in [0.1, 0.15) is 48.8 Å². The molecule has 0 bridgehead atoms. The van der Waals surface area contributed by atoms with Crippen molar-refractivity contribution in [3.8, 4) is 5.75 Å². The average Bonchev–Trinajstić information content (AvgIpc) is 3.25. The van der Waals surface area contributed by atoms with Crippen molar-refractivity contribution in [1.82, 2.24) is 10.2 Å². The lowest BCUT2D eigenvalue weighted by Gasteiger charge is -2.26. The topological polar surface area (TPSA) is 76.9 Å². The molecule has 36 heavy (non-hydrogen) atoms. The molecule has 0 spiro atoms. The Morgan fingerprint density at radius 1 is 1.08 bits per heavy atom. The van der Waals surface area contributed by atoms with Gasteiger partial charge in [0.2, 0.25) is 5.71 Å². The van der Waals surface area contributed by atoms with Gasteiger partial charge < -0.3 is 20.0 Å². The number of hydrogen-bond donors (Lipinski definition) is 1. The Morgan fingerprint density at radius 3 is 2.56 bits per heavy atom. The quantitative estimate of drug-likeness (QED) is 0.365. The van der Waals surface area contributed by atoms with E-state index in [1.165, 1.54) is 13.5 Å². The Balaban J connectivity index is 1.45. The summed E-state index contributed by atoms with van der Waals surface area (Å²) in [6.45, 7) is 4.71. The van der Waals surface area contributed by atoms with Crippen LogP contribution in [0, 0.1) is 5.21 Å². The fraction of sp³-hybridized carbons (Fsp3) is 0.448. The number of amides is 1. The van der Waals surface area contributed by atoms with E-state index in [9.17, 15) is 10.0 Å². The summed E-state index contributed by atoms with van der Waals surface area (Å²) in [5.74, 6) is 0.521. The summed E-state index contributed by atoms with van der Waals surface area (Å²) >= 11 is 0. The van der Waals surface area contributed by atoms with E-state index in [1.807, 2.05) is 48.5 Å². The molecule has 0 atom stereocenters. The van der Waals surface area contributed by atoms with Gasteiger partial charge in [0.25, 0.3) is 5.91 Å². The molecule has 2 aromatic carbocycles. The van der Waals surface area contributed by atoms with Crippen LogP contribution in [0.3, 0.4) is 0 Å². The first kappa shape index (κ1) is 24.5. The summed E-state index contributed by atoms with van der Waals surface area (Å²) in [6.07, 6.45) is 5.43. The van der Waals surface area contributed by atoms with Crippen LogP contribution in [-0.2, 0) is 9.53 Å². The molecular formula is C29H35N3O4. The molecule has 1 saturated carbocycles. The van der Waals surface area contributed by atoms with Gasteiger partial charge in [-0.2, -0.15) is 0 Å². The number of hydrogen-bond acceptors (Lipinski definition) is 5. The standard InChI is InChI=1S/C29H35N3O4/c1-31(34)28-25-20-23(36-19-16-32-14-17-35-18-15-32)12-13-24(25)26(21-8-4-2-5-9-21)27(28)29(33)30-22-10-6-3-7-11-22/h2,4-5,8-9,12-13,20,22H,3,6-7,10-11,14-19H2,1H3,(H,30,33)/b31-28+. The van der Waals surface area contributed by atoms with Crippen molar-refractivity contribution in [3.63, 3.8) is 0 Å². The normalized spacial score (nSPS) is 20.2. The smallest absolute Gasteiger partial charge is 0.258 e. The van der Waals surface area contributed by atoms with E-state index in [0.717, 1.165) is 85.5 Å². The number of hydroxylamine groups is 1. The van der Waals surface area contributed by atoms with Crippen molar-refractivity contribution in [2.45, 2.75) is 38.1 Å². The number of ether oxygens (including phenoxy) is 2. The first-order valence-corrected chi connectivity index (χ1v) is 13.1. The van der Waals surface area contributed by atoms with E-state index >= 15 is 0 Å². The number of morpholine rings is 1. The fourth-order valence-electron chi connectivity index (χ4n) is 5.49. The number of nitrogens with zero attached hydrogens (tertiary/aromatic N) is 2. The molecule has 1 N–H and O–H groups in total. The Labute approximate surface area is 213 Å². The maximum absolute atomic E-state index is 13.7. The van der Waals surface area contributed by atoms with Gasteiger partial charge in [0, 0.05) is 31.2 Å². The lowest BCUT2D eigenvalue weighted by molar-refractivity contribution is -0.421. The fourth-order valence-corrected chi connectivity index (χ4v) is 5.49. The van der Waals surface area contributed by atoms with Crippen molar-refractivity contribution < 1.29 is 19.0 Å². The van der Waals surface area contributed by atoms with Gasteiger partial charge in [-0.25, -0.2) is 4.74 Å². The predicted molar refractivity (Wildman–Crippen MR) is 140 cm³/mol. The summed E-state index contributed by atoms with van der Waals surface area (Å²) in [4.78, 5) is 16.0. The average molecular weight is 490 g/mol. The minimum absolute atomic E-state index is 0.150. The number of rotatable bonds is 7. The zero-order valence-electron chi connectivity index (χ0n) is 21.0. The summed E-state index contributed by atoms with van der Waals surface area (Å²) in [5.41, 5.74) is 4.19. The summed E-state index contributed by atoms with van der Waals surface area (Å²) in [5, 5.41) is 16.2. The molecule has 2 aliphatic carbocycles. The molecule has 1 amide bonds. The SMILES string of the molecule is C/[N+]([O-])=C1\C(C(=O)NC2CCCCC2)=C(c2ccccc2)c2ccc(OCCN3CCOCC3)cc21. The third kappa shape index (κ3) is 5.32. The van der Waals surface area contributed by atoms with Gasteiger partial charge in [0.1, 0.15) is 25.0 Å². The highest BCUT2D eigenvalue weighted by atomic mass is 16.5. The molecule has 1 saturated heterocycles.